The maximum Gasteiger partial charge on any atom is 0.692 e. The van der Waals surface area contributed by atoms with Gasteiger partial charge in [-0.25, -0.2) is 4.39 Å². The molecular weight excluding hydrogens is 158 g/mol. The third-order valence-corrected chi connectivity index (χ3v) is 0.886. The van der Waals surface area contributed by atoms with E-state index in [1.807, 2.05) is 13.8 Å². The maximum atomic E-state index is 11.9. The fourth-order valence-electron chi connectivity index (χ4n) is 0.289. The molecule has 0 amide bonds. The molecule has 0 saturated heterocycles. The van der Waals surface area contributed by atoms with Crippen LogP contribution in [0.1, 0.15) is 26.7 Å². The fraction of sp³-hybridized carbons (Fsp3) is 1.00. The molecule has 2 N–H and O–H groups in total. The van der Waals surface area contributed by atoms with Gasteiger partial charge in [0.2, 0.25) is 0 Å². The van der Waals surface area contributed by atoms with Gasteiger partial charge in [0.15, 0.2) is 0 Å². The Kier molecular flexibility index (Phi) is 11.3. The summed E-state index contributed by atoms with van der Waals surface area (Å²) in [5, 5.41) is 0. The normalized spacial score (nSPS) is 8.60. The van der Waals surface area contributed by atoms with E-state index in [0.29, 0.717) is 12.8 Å². The van der Waals surface area contributed by atoms with E-state index in [1.165, 1.54) is 0 Å². The smallest absolute Gasteiger partial charge is 0.248 e. The molecule has 0 aromatic rings. The van der Waals surface area contributed by atoms with Gasteiger partial charge in [0.1, 0.15) is 0 Å². The van der Waals surface area contributed by atoms with E-state index in [4.69, 9.17) is 14.4 Å². The van der Waals surface area contributed by atoms with Crippen molar-refractivity contribution < 1.29 is 18.7 Å². The minimum absolute atomic E-state index is 0.565. The predicted molar refractivity (Wildman–Crippen MR) is 37.5 cm³/mol. The molecule has 0 radical (unpaired) electrons. The average Bonchev–Trinajstić information content (AvgIpc) is 1.85. The van der Waals surface area contributed by atoms with Gasteiger partial charge < -0.3 is 0 Å². The van der Waals surface area contributed by atoms with Gasteiger partial charge in [-0.15, -0.1) is 9.79 Å². The van der Waals surface area contributed by atoms with Crippen molar-refractivity contribution in [3.63, 3.8) is 0 Å². The summed E-state index contributed by atoms with van der Waals surface area (Å²) in [5.41, 5.74) is 0. The third kappa shape index (κ3) is 24.6. The van der Waals surface area contributed by atoms with Crippen molar-refractivity contribution in [2.24, 2.45) is 0 Å². The molecule has 0 spiro atoms. The highest BCUT2D eigenvalue weighted by Crippen LogP contribution is 1.99. The lowest BCUT2D eigenvalue weighted by molar-refractivity contribution is 0.316. The highest BCUT2D eigenvalue weighted by Gasteiger charge is 1.94. The SMILES string of the molecule is CCC(F)CC.O=[P+](O)O. The summed E-state index contributed by atoms with van der Waals surface area (Å²) >= 11 is 0. The van der Waals surface area contributed by atoms with Gasteiger partial charge in [-0.3, -0.25) is 0 Å². The fourth-order valence-corrected chi connectivity index (χ4v) is 0.289. The molecule has 0 saturated carbocycles. The van der Waals surface area contributed by atoms with Gasteiger partial charge in [-0.1, -0.05) is 13.8 Å². The van der Waals surface area contributed by atoms with E-state index in [1.54, 1.807) is 0 Å². The topological polar surface area (TPSA) is 57.5 Å². The lowest BCUT2D eigenvalue weighted by Gasteiger charge is -1.94. The Morgan fingerprint density at radius 1 is 1.40 bits per heavy atom. The minimum Gasteiger partial charge on any atom is -0.248 e. The van der Waals surface area contributed by atoms with Crippen LogP contribution in [-0.2, 0) is 4.57 Å². The molecule has 0 aromatic carbocycles. The predicted octanol–water partition coefficient (Wildman–Crippen LogP) is 1.77. The van der Waals surface area contributed by atoms with Crippen LogP contribution in [0.3, 0.4) is 0 Å². The first-order valence-corrected chi connectivity index (χ1v) is 4.20. The molecule has 0 aliphatic heterocycles. The monoisotopic (exact) mass is 171 g/mol. The molecule has 0 heterocycles. The Morgan fingerprint density at radius 2 is 1.60 bits per heavy atom. The van der Waals surface area contributed by atoms with Crippen molar-refractivity contribution in [2.75, 3.05) is 0 Å². The van der Waals surface area contributed by atoms with Gasteiger partial charge in [-0.2, -0.15) is 0 Å². The number of halogens is 1. The molecule has 0 aliphatic carbocycles. The van der Waals surface area contributed by atoms with E-state index in [0.717, 1.165) is 0 Å². The van der Waals surface area contributed by atoms with Gasteiger partial charge in [-0.05, 0) is 12.8 Å². The lowest BCUT2D eigenvalue weighted by atomic mass is 10.2. The van der Waals surface area contributed by atoms with Crippen LogP contribution in [0.25, 0.3) is 0 Å². The Balaban J connectivity index is 0. The molecule has 62 valence electrons. The van der Waals surface area contributed by atoms with Crippen molar-refractivity contribution >= 4 is 8.25 Å². The van der Waals surface area contributed by atoms with Gasteiger partial charge in [0.25, 0.3) is 0 Å². The van der Waals surface area contributed by atoms with E-state index >= 15 is 0 Å². The molecule has 0 rings (SSSR count). The zero-order chi connectivity index (χ0) is 8.57. The first-order chi connectivity index (χ1) is 4.54. The second kappa shape index (κ2) is 8.95. The van der Waals surface area contributed by atoms with E-state index in [-0.39, 0.29) is 0 Å². The van der Waals surface area contributed by atoms with Crippen LogP contribution >= 0.6 is 8.25 Å². The van der Waals surface area contributed by atoms with E-state index in [2.05, 4.69) is 0 Å². The second-order valence-electron chi connectivity index (χ2n) is 1.67. The molecular formula is C5H13FO3P+. The summed E-state index contributed by atoms with van der Waals surface area (Å²) in [5.74, 6) is 0. The average molecular weight is 171 g/mol. The van der Waals surface area contributed by atoms with Crippen LogP contribution < -0.4 is 0 Å². The summed E-state index contributed by atoms with van der Waals surface area (Å²) in [6.45, 7) is 3.71. The molecule has 0 unspecified atom stereocenters. The molecule has 0 bridgehead atoms. The Bertz CT molecular complexity index is 81.0. The zero-order valence-electron chi connectivity index (χ0n) is 6.12. The highest BCUT2D eigenvalue weighted by molar-refractivity contribution is 7.30. The first-order valence-electron chi connectivity index (χ1n) is 3.03. The van der Waals surface area contributed by atoms with Crippen LogP contribution in [0.2, 0.25) is 0 Å². The van der Waals surface area contributed by atoms with Crippen LogP contribution in [0, 0.1) is 0 Å². The highest BCUT2D eigenvalue weighted by atomic mass is 31.1. The molecule has 0 fully saturated rings. The standard InChI is InChI=1S/C5H11F.HO3P/c1-3-5(6)4-2;1-4(2)3/h5H,3-4H2,1-2H3;(H-,1,2,3)/p+1. The molecule has 5 heteroatoms. The third-order valence-electron chi connectivity index (χ3n) is 0.886. The summed E-state index contributed by atoms with van der Waals surface area (Å²) in [6, 6.07) is 0. The largest absolute Gasteiger partial charge is 0.692 e. The van der Waals surface area contributed by atoms with Crippen molar-refractivity contribution in [3.05, 3.63) is 0 Å². The van der Waals surface area contributed by atoms with Crippen molar-refractivity contribution in [2.45, 2.75) is 32.9 Å². The van der Waals surface area contributed by atoms with Gasteiger partial charge >= 0.3 is 8.25 Å². The zero-order valence-corrected chi connectivity index (χ0v) is 7.01. The number of hydrogen-bond acceptors (Lipinski definition) is 1. The van der Waals surface area contributed by atoms with E-state index in [9.17, 15) is 4.39 Å². The molecule has 0 atom stereocenters. The van der Waals surface area contributed by atoms with Crippen LogP contribution in [-0.4, -0.2) is 16.0 Å². The Labute approximate surface area is 60.8 Å². The molecule has 3 nitrogen and oxygen atoms in total. The first kappa shape index (κ1) is 12.6. The quantitative estimate of drug-likeness (QED) is 0.622. The Morgan fingerprint density at radius 3 is 1.60 bits per heavy atom. The molecule has 10 heavy (non-hydrogen) atoms. The van der Waals surface area contributed by atoms with Crippen LogP contribution in [0.4, 0.5) is 4.39 Å². The van der Waals surface area contributed by atoms with Crippen LogP contribution in [0.5, 0.6) is 0 Å². The number of alkyl halides is 1. The Hall–Kier alpha value is -0.0500. The maximum absolute atomic E-state index is 11.9. The van der Waals surface area contributed by atoms with Gasteiger partial charge in [0.05, 0.1) is 6.17 Å². The van der Waals surface area contributed by atoms with Crippen LogP contribution in [0.15, 0.2) is 0 Å². The van der Waals surface area contributed by atoms with Crippen molar-refractivity contribution in [1.82, 2.24) is 0 Å². The minimum atomic E-state index is -2.87. The summed E-state index contributed by atoms with van der Waals surface area (Å²) in [4.78, 5) is 14.2. The summed E-state index contributed by atoms with van der Waals surface area (Å²) in [7, 11) is -2.87. The number of rotatable bonds is 2. The van der Waals surface area contributed by atoms with Gasteiger partial charge in [0, 0.05) is 4.57 Å². The second-order valence-corrected chi connectivity index (χ2v) is 2.17. The van der Waals surface area contributed by atoms with Crippen molar-refractivity contribution in [1.29, 1.82) is 0 Å². The molecule has 0 aromatic heterocycles. The lowest BCUT2D eigenvalue weighted by Crippen LogP contribution is -1.91. The summed E-state index contributed by atoms with van der Waals surface area (Å²) in [6.07, 6.45) is 0.762. The van der Waals surface area contributed by atoms with Crippen molar-refractivity contribution in [3.8, 4) is 0 Å². The number of hydrogen-bond donors (Lipinski definition) is 2. The summed E-state index contributed by atoms with van der Waals surface area (Å²) < 4.78 is 20.6. The van der Waals surface area contributed by atoms with E-state index < -0.39 is 14.4 Å². The molecule has 0 aliphatic rings.